The molecule has 138 valence electrons. The highest BCUT2D eigenvalue weighted by molar-refractivity contribution is 7.15. The van der Waals surface area contributed by atoms with E-state index < -0.39 is 17.7 Å². The summed E-state index contributed by atoms with van der Waals surface area (Å²) in [5.41, 5.74) is 0.210. The summed E-state index contributed by atoms with van der Waals surface area (Å²) in [7, 11) is 0. The lowest BCUT2D eigenvalue weighted by molar-refractivity contribution is -0.132. The third kappa shape index (κ3) is 2.76. The van der Waals surface area contributed by atoms with Crippen LogP contribution in [0.3, 0.4) is 0 Å². The van der Waals surface area contributed by atoms with Gasteiger partial charge in [-0.1, -0.05) is 25.2 Å². The molecule has 0 spiro atoms. The molecule has 1 atom stereocenters. The molecule has 3 aromatic rings. The Labute approximate surface area is 157 Å². The molecule has 1 aliphatic rings. The lowest BCUT2D eigenvalue weighted by atomic mass is 10.0. The maximum Gasteiger partial charge on any atom is 0.302 e. The van der Waals surface area contributed by atoms with Crippen LogP contribution in [0.4, 0.5) is 5.13 Å². The molecule has 0 unspecified atom stereocenters. The van der Waals surface area contributed by atoms with E-state index in [9.17, 15) is 14.7 Å². The average Bonchev–Trinajstić information content (AvgIpc) is 3.43. The second-order valence-electron chi connectivity index (χ2n) is 6.27. The van der Waals surface area contributed by atoms with Gasteiger partial charge in [0.05, 0.1) is 23.7 Å². The van der Waals surface area contributed by atoms with Crippen LogP contribution in [0, 0.1) is 0 Å². The zero-order chi connectivity index (χ0) is 19.1. The lowest BCUT2D eigenvalue weighted by Crippen LogP contribution is -2.29. The number of aliphatic hydroxyl groups excluding tert-OH is 1. The van der Waals surface area contributed by atoms with E-state index in [1.165, 1.54) is 41.1 Å². The number of rotatable bonds is 4. The van der Waals surface area contributed by atoms with Crippen molar-refractivity contribution < 1.29 is 23.5 Å². The topological polar surface area (TPSA) is 110 Å². The van der Waals surface area contributed by atoms with Crippen LogP contribution in [0.25, 0.3) is 5.76 Å². The molecule has 0 saturated carbocycles. The Bertz CT molecular complexity index is 1020. The van der Waals surface area contributed by atoms with Crippen LogP contribution < -0.4 is 4.90 Å². The smallest absolute Gasteiger partial charge is 0.302 e. The molecule has 0 aliphatic carbocycles. The van der Waals surface area contributed by atoms with E-state index in [1.807, 2.05) is 13.8 Å². The van der Waals surface area contributed by atoms with E-state index >= 15 is 0 Å². The van der Waals surface area contributed by atoms with Gasteiger partial charge >= 0.3 is 5.91 Å². The monoisotopic (exact) mass is 385 g/mol. The van der Waals surface area contributed by atoms with Crippen molar-refractivity contribution in [3.63, 3.8) is 0 Å². The van der Waals surface area contributed by atoms with Gasteiger partial charge in [-0.2, -0.15) is 0 Å². The summed E-state index contributed by atoms with van der Waals surface area (Å²) in [5.74, 6) is -1.49. The molecular formula is C18H15N3O5S. The van der Waals surface area contributed by atoms with E-state index in [4.69, 9.17) is 8.83 Å². The van der Waals surface area contributed by atoms with Crippen molar-refractivity contribution in [2.24, 2.45) is 0 Å². The summed E-state index contributed by atoms with van der Waals surface area (Å²) in [5, 5.41) is 19.9. The summed E-state index contributed by atoms with van der Waals surface area (Å²) in [6, 6.07) is 3.84. The fourth-order valence-corrected chi connectivity index (χ4v) is 3.73. The summed E-state index contributed by atoms with van der Waals surface area (Å²) in [6.07, 6.45) is 4.10. The van der Waals surface area contributed by atoms with Crippen molar-refractivity contribution in [3.05, 3.63) is 58.9 Å². The van der Waals surface area contributed by atoms with Crippen LogP contribution >= 0.6 is 11.3 Å². The lowest BCUT2D eigenvalue weighted by Gasteiger charge is -2.19. The van der Waals surface area contributed by atoms with Crippen LogP contribution in [0.2, 0.25) is 0 Å². The third-order valence-electron chi connectivity index (χ3n) is 4.18. The van der Waals surface area contributed by atoms with Crippen LogP contribution in [0.1, 0.15) is 42.1 Å². The minimum atomic E-state index is -0.942. The minimum absolute atomic E-state index is 0.0855. The predicted octanol–water partition coefficient (Wildman–Crippen LogP) is 3.47. The van der Waals surface area contributed by atoms with Gasteiger partial charge in [0.1, 0.15) is 28.8 Å². The van der Waals surface area contributed by atoms with Crippen LogP contribution in [-0.2, 0) is 9.59 Å². The number of anilines is 1. The third-order valence-corrected chi connectivity index (χ3v) is 5.40. The Morgan fingerprint density at radius 1 is 1.26 bits per heavy atom. The largest absolute Gasteiger partial charge is 0.507 e. The number of Topliss-reactive ketones (excluding diaryl/α,β-unsaturated/α-hetero) is 1. The Morgan fingerprint density at radius 3 is 2.67 bits per heavy atom. The molecule has 0 aromatic carbocycles. The van der Waals surface area contributed by atoms with E-state index in [0.29, 0.717) is 11.3 Å². The number of amides is 1. The Morgan fingerprint density at radius 2 is 2.07 bits per heavy atom. The second kappa shape index (κ2) is 6.51. The molecule has 1 N–H and O–H groups in total. The minimum Gasteiger partial charge on any atom is -0.507 e. The zero-order valence-corrected chi connectivity index (χ0v) is 15.3. The van der Waals surface area contributed by atoms with Crippen LogP contribution in [0.5, 0.6) is 0 Å². The first-order valence-electron chi connectivity index (χ1n) is 8.19. The maximum absolute atomic E-state index is 12.8. The van der Waals surface area contributed by atoms with Gasteiger partial charge in [-0.3, -0.25) is 14.5 Å². The molecule has 1 saturated heterocycles. The standard InChI is InChI=1S/C18H15N3O5S/c1-9(2)16-19-20-18(27-16)21-13(11-4-3-6-26-11)12(15(23)17(21)24)14(22)10-5-7-25-8-10/h3-9,13,22H,1-2H3/t13-/m0/s1. The van der Waals surface area contributed by atoms with E-state index in [-0.39, 0.29) is 22.4 Å². The number of furan rings is 2. The molecule has 9 heteroatoms. The second-order valence-corrected chi connectivity index (χ2v) is 7.26. The molecule has 1 fully saturated rings. The number of aliphatic hydroxyl groups is 1. The number of carbonyl (C=O) groups excluding carboxylic acids is 2. The molecule has 1 amide bonds. The quantitative estimate of drug-likeness (QED) is 0.416. The molecule has 27 heavy (non-hydrogen) atoms. The summed E-state index contributed by atoms with van der Waals surface area (Å²) >= 11 is 1.22. The molecule has 0 radical (unpaired) electrons. The molecule has 8 nitrogen and oxygen atoms in total. The number of nitrogens with zero attached hydrogens (tertiary/aromatic N) is 3. The first kappa shape index (κ1) is 17.2. The SMILES string of the molecule is CC(C)c1nnc(N2C(=O)C(=O)C(=C(O)c3ccoc3)[C@@H]2c2ccco2)s1. The molecule has 3 aromatic heterocycles. The highest BCUT2D eigenvalue weighted by atomic mass is 32.1. The Balaban J connectivity index is 1.89. The van der Waals surface area contributed by atoms with Crippen molar-refractivity contribution in [3.8, 4) is 0 Å². The molecule has 1 aliphatic heterocycles. The Kier molecular flexibility index (Phi) is 4.15. The number of ketones is 1. The first-order valence-corrected chi connectivity index (χ1v) is 9.01. The average molecular weight is 385 g/mol. The van der Waals surface area contributed by atoms with Gasteiger partial charge < -0.3 is 13.9 Å². The van der Waals surface area contributed by atoms with Gasteiger partial charge in [0, 0.05) is 5.92 Å². The summed E-state index contributed by atoms with van der Waals surface area (Å²) in [4.78, 5) is 26.7. The maximum atomic E-state index is 12.8. The van der Waals surface area contributed by atoms with Gasteiger partial charge in [-0.25, -0.2) is 0 Å². The van der Waals surface area contributed by atoms with Crippen LogP contribution in [-0.4, -0.2) is 27.0 Å². The Hall–Kier alpha value is -3.20. The predicted molar refractivity (Wildman–Crippen MR) is 96.2 cm³/mol. The highest BCUT2D eigenvalue weighted by Gasteiger charge is 2.49. The van der Waals surface area contributed by atoms with Crippen molar-refractivity contribution in [1.29, 1.82) is 0 Å². The summed E-state index contributed by atoms with van der Waals surface area (Å²) < 4.78 is 10.4. The number of aromatic nitrogens is 2. The van der Waals surface area contributed by atoms with Gasteiger partial charge in [0.2, 0.25) is 5.13 Å². The molecule has 0 bridgehead atoms. The zero-order valence-electron chi connectivity index (χ0n) is 14.4. The van der Waals surface area contributed by atoms with Crippen molar-refractivity contribution in [2.45, 2.75) is 25.8 Å². The van der Waals surface area contributed by atoms with E-state index in [2.05, 4.69) is 10.2 Å². The number of hydrogen-bond acceptors (Lipinski definition) is 8. The van der Waals surface area contributed by atoms with Gasteiger partial charge in [0.15, 0.2) is 0 Å². The molecule has 4 rings (SSSR count). The summed E-state index contributed by atoms with van der Waals surface area (Å²) in [6.45, 7) is 3.92. The van der Waals surface area contributed by atoms with Crippen LogP contribution in [0.15, 0.2) is 51.4 Å². The van der Waals surface area contributed by atoms with Gasteiger partial charge in [0.25, 0.3) is 5.78 Å². The molecular weight excluding hydrogens is 370 g/mol. The van der Waals surface area contributed by atoms with Gasteiger partial charge in [-0.15, -0.1) is 10.2 Å². The fraction of sp³-hybridized carbons (Fsp3) is 0.222. The fourth-order valence-electron chi connectivity index (χ4n) is 2.86. The number of hydrogen-bond donors (Lipinski definition) is 1. The van der Waals surface area contributed by atoms with Gasteiger partial charge in [-0.05, 0) is 18.2 Å². The van der Waals surface area contributed by atoms with Crippen molar-refractivity contribution in [2.75, 3.05) is 4.90 Å². The normalized spacial score (nSPS) is 19.4. The number of carbonyl (C=O) groups is 2. The molecule has 4 heterocycles. The van der Waals surface area contributed by atoms with Crippen molar-refractivity contribution in [1.82, 2.24) is 10.2 Å². The van der Waals surface area contributed by atoms with E-state index in [0.717, 1.165) is 5.01 Å². The highest BCUT2D eigenvalue weighted by Crippen LogP contribution is 2.43. The first-order chi connectivity index (χ1) is 13.0. The van der Waals surface area contributed by atoms with Crippen molar-refractivity contribution >= 4 is 33.9 Å². The van der Waals surface area contributed by atoms with E-state index in [1.54, 1.807) is 12.1 Å².